The van der Waals surface area contributed by atoms with E-state index < -0.39 is 23.9 Å². The predicted octanol–water partition coefficient (Wildman–Crippen LogP) is 0.788. The summed E-state index contributed by atoms with van der Waals surface area (Å²) in [5.74, 6) is -0.955. The van der Waals surface area contributed by atoms with Crippen LogP contribution in [0, 0.1) is 5.82 Å². The Morgan fingerprint density at radius 1 is 1.50 bits per heavy atom. The van der Waals surface area contributed by atoms with Gasteiger partial charge in [0.2, 0.25) is 0 Å². The van der Waals surface area contributed by atoms with Crippen molar-refractivity contribution >= 4 is 11.9 Å². The van der Waals surface area contributed by atoms with Gasteiger partial charge in [-0.1, -0.05) is 6.07 Å². The number of carbonyl (C=O) groups excluding carboxylic acids is 2. The zero-order chi connectivity index (χ0) is 12.1. The van der Waals surface area contributed by atoms with E-state index in [2.05, 4.69) is 0 Å². The summed E-state index contributed by atoms with van der Waals surface area (Å²) in [5, 5.41) is 1.86. The molecule has 1 aromatic rings. The van der Waals surface area contributed by atoms with E-state index in [9.17, 15) is 14.0 Å². The third-order valence-corrected chi connectivity index (χ3v) is 1.72. The fourth-order valence-electron chi connectivity index (χ4n) is 1.02. The molecular weight excluding hydrogens is 215 g/mol. The van der Waals surface area contributed by atoms with E-state index in [1.165, 1.54) is 25.1 Å². The molecule has 0 heterocycles. The number of carbonyl (C=O) groups is 2. The molecule has 0 aliphatic heterocycles. The van der Waals surface area contributed by atoms with Gasteiger partial charge in [0, 0.05) is 6.07 Å². The van der Waals surface area contributed by atoms with Crippen LogP contribution in [0.15, 0.2) is 24.3 Å². The summed E-state index contributed by atoms with van der Waals surface area (Å²) in [6, 6.07) is 4.37. The van der Waals surface area contributed by atoms with Gasteiger partial charge >= 0.3 is 6.03 Å². The molecule has 0 fully saturated rings. The molecule has 0 aliphatic carbocycles. The summed E-state index contributed by atoms with van der Waals surface area (Å²) < 4.78 is 17.9. The van der Waals surface area contributed by atoms with Gasteiger partial charge in [-0.15, -0.1) is 0 Å². The molecule has 0 spiro atoms. The third-order valence-electron chi connectivity index (χ3n) is 1.72. The molecule has 0 saturated heterocycles. The molecule has 5 nitrogen and oxygen atoms in total. The SMILES string of the molecule is C[C@H](Oc1cccc(F)c1)C(=O)NC(N)=O. The van der Waals surface area contributed by atoms with Crippen molar-refractivity contribution in [3.63, 3.8) is 0 Å². The van der Waals surface area contributed by atoms with E-state index in [1.807, 2.05) is 5.32 Å². The number of primary amides is 1. The molecule has 0 aliphatic rings. The second-order valence-electron chi connectivity index (χ2n) is 3.07. The van der Waals surface area contributed by atoms with Gasteiger partial charge in [0.25, 0.3) is 5.91 Å². The lowest BCUT2D eigenvalue weighted by Crippen LogP contribution is -2.42. The Labute approximate surface area is 91.4 Å². The van der Waals surface area contributed by atoms with E-state index in [-0.39, 0.29) is 5.75 Å². The lowest BCUT2D eigenvalue weighted by atomic mass is 10.3. The minimum Gasteiger partial charge on any atom is -0.481 e. The maximum atomic E-state index is 12.8. The molecule has 1 atom stereocenters. The second-order valence-corrected chi connectivity index (χ2v) is 3.07. The number of nitrogens with two attached hydrogens (primary N) is 1. The predicted molar refractivity (Wildman–Crippen MR) is 54.2 cm³/mol. The monoisotopic (exact) mass is 226 g/mol. The lowest BCUT2D eigenvalue weighted by molar-refractivity contribution is -0.126. The van der Waals surface area contributed by atoms with Crippen LogP contribution in [0.1, 0.15) is 6.92 Å². The van der Waals surface area contributed by atoms with Crippen molar-refractivity contribution in [1.82, 2.24) is 5.32 Å². The molecule has 1 aromatic carbocycles. The maximum Gasteiger partial charge on any atom is 0.318 e. The van der Waals surface area contributed by atoms with Crippen LogP contribution < -0.4 is 15.8 Å². The molecule has 3 amide bonds. The van der Waals surface area contributed by atoms with E-state index in [0.29, 0.717) is 0 Å². The first kappa shape index (κ1) is 12.0. The molecule has 3 N–H and O–H groups in total. The van der Waals surface area contributed by atoms with Gasteiger partial charge in [-0.3, -0.25) is 10.1 Å². The van der Waals surface area contributed by atoms with Crippen LogP contribution in [-0.4, -0.2) is 18.0 Å². The van der Waals surface area contributed by atoms with Crippen LogP contribution >= 0.6 is 0 Å². The molecule has 1 rings (SSSR count). The molecule has 0 unspecified atom stereocenters. The molecule has 0 bridgehead atoms. The average Bonchev–Trinajstić information content (AvgIpc) is 2.16. The van der Waals surface area contributed by atoms with E-state index in [1.54, 1.807) is 0 Å². The molecule has 16 heavy (non-hydrogen) atoms. The second kappa shape index (κ2) is 5.11. The summed E-state index contributed by atoms with van der Waals surface area (Å²) in [5.41, 5.74) is 4.76. The Balaban J connectivity index is 2.60. The molecular formula is C10H11FN2O3. The summed E-state index contributed by atoms with van der Waals surface area (Å²) in [6.45, 7) is 1.42. The highest BCUT2D eigenvalue weighted by molar-refractivity contribution is 5.95. The first-order valence-corrected chi connectivity index (χ1v) is 4.51. The van der Waals surface area contributed by atoms with Crippen LogP contribution in [0.3, 0.4) is 0 Å². The molecule has 86 valence electrons. The lowest BCUT2D eigenvalue weighted by Gasteiger charge is -2.13. The smallest absolute Gasteiger partial charge is 0.318 e. The van der Waals surface area contributed by atoms with Gasteiger partial charge < -0.3 is 10.5 Å². The van der Waals surface area contributed by atoms with Crippen LogP contribution in [0.2, 0.25) is 0 Å². The number of benzene rings is 1. The first-order chi connectivity index (χ1) is 7.49. The minimum atomic E-state index is -0.959. The fourth-order valence-corrected chi connectivity index (χ4v) is 1.02. The Bertz CT molecular complexity index is 409. The first-order valence-electron chi connectivity index (χ1n) is 4.51. The van der Waals surface area contributed by atoms with Gasteiger partial charge in [0.1, 0.15) is 11.6 Å². The van der Waals surface area contributed by atoms with Gasteiger partial charge in [-0.25, -0.2) is 9.18 Å². The largest absolute Gasteiger partial charge is 0.481 e. The third kappa shape index (κ3) is 3.56. The topological polar surface area (TPSA) is 81.4 Å². The highest BCUT2D eigenvalue weighted by atomic mass is 19.1. The summed E-state index contributed by atoms with van der Waals surface area (Å²) in [7, 11) is 0. The van der Waals surface area contributed by atoms with Crippen molar-refractivity contribution in [1.29, 1.82) is 0 Å². The quantitative estimate of drug-likeness (QED) is 0.799. The summed E-state index contributed by atoms with van der Waals surface area (Å²) in [4.78, 5) is 21.6. The van der Waals surface area contributed by atoms with Gasteiger partial charge in [0.15, 0.2) is 6.10 Å². The number of hydrogen-bond donors (Lipinski definition) is 2. The van der Waals surface area contributed by atoms with Gasteiger partial charge in [0.05, 0.1) is 0 Å². The normalized spacial score (nSPS) is 11.6. The molecule has 0 radical (unpaired) electrons. The van der Waals surface area contributed by atoms with Crippen LogP contribution in [0.4, 0.5) is 9.18 Å². The van der Waals surface area contributed by atoms with Crippen molar-refractivity contribution in [3.05, 3.63) is 30.1 Å². The number of nitrogens with one attached hydrogen (secondary N) is 1. The van der Waals surface area contributed by atoms with Crippen molar-refractivity contribution in [2.24, 2.45) is 5.73 Å². The fraction of sp³-hybridized carbons (Fsp3) is 0.200. The summed E-state index contributed by atoms with van der Waals surface area (Å²) >= 11 is 0. The summed E-state index contributed by atoms with van der Waals surface area (Å²) in [6.07, 6.45) is -0.936. The zero-order valence-corrected chi connectivity index (χ0v) is 8.57. The van der Waals surface area contributed by atoms with E-state index in [0.717, 1.165) is 6.07 Å². The number of urea groups is 1. The number of rotatable bonds is 3. The Morgan fingerprint density at radius 2 is 2.19 bits per heavy atom. The van der Waals surface area contributed by atoms with Crippen LogP contribution in [0.25, 0.3) is 0 Å². The van der Waals surface area contributed by atoms with E-state index in [4.69, 9.17) is 10.5 Å². The Kier molecular flexibility index (Phi) is 3.82. The van der Waals surface area contributed by atoms with Gasteiger partial charge in [-0.05, 0) is 19.1 Å². The Morgan fingerprint density at radius 3 is 2.75 bits per heavy atom. The molecule has 0 aromatic heterocycles. The average molecular weight is 226 g/mol. The highest BCUT2D eigenvalue weighted by Gasteiger charge is 2.16. The number of ether oxygens (including phenoxy) is 1. The maximum absolute atomic E-state index is 12.8. The number of amides is 3. The van der Waals surface area contributed by atoms with Crippen LogP contribution in [0.5, 0.6) is 5.75 Å². The zero-order valence-electron chi connectivity index (χ0n) is 8.57. The van der Waals surface area contributed by atoms with Crippen molar-refractivity contribution < 1.29 is 18.7 Å². The minimum absolute atomic E-state index is 0.201. The molecule has 6 heteroatoms. The van der Waals surface area contributed by atoms with E-state index >= 15 is 0 Å². The van der Waals surface area contributed by atoms with Crippen molar-refractivity contribution in [2.75, 3.05) is 0 Å². The van der Waals surface area contributed by atoms with Crippen molar-refractivity contribution in [2.45, 2.75) is 13.0 Å². The number of hydrogen-bond acceptors (Lipinski definition) is 3. The highest BCUT2D eigenvalue weighted by Crippen LogP contribution is 2.13. The standard InChI is InChI=1S/C10H11FN2O3/c1-6(9(14)13-10(12)15)16-8-4-2-3-7(11)5-8/h2-6H,1H3,(H3,12,13,14,15)/t6-/m0/s1. The molecule has 0 saturated carbocycles. The number of halogens is 1. The van der Waals surface area contributed by atoms with Crippen LogP contribution in [-0.2, 0) is 4.79 Å². The van der Waals surface area contributed by atoms with Crippen molar-refractivity contribution in [3.8, 4) is 5.75 Å². The number of imide groups is 1. The Hall–Kier alpha value is -2.11. The van der Waals surface area contributed by atoms with Gasteiger partial charge in [-0.2, -0.15) is 0 Å².